The van der Waals surface area contributed by atoms with Crippen LogP contribution in [0, 0.1) is 11.8 Å². The van der Waals surface area contributed by atoms with Crippen LogP contribution in [-0.4, -0.2) is 44.3 Å². The maximum atomic E-state index is 13.9. The zero-order chi connectivity index (χ0) is 29.2. The van der Waals surface area contributed by atoms with Gasteiger partial charge in [-0.15, -0.1) is 0 Å². The van der Waals surface area contributed by atoms with Crippen LogP contribution in [0.3, 0.4) is 0 Å². The molecule has 8 nitrogen and oxygen atoms in total. The second-order valence-electron chi connectivity index (χ2n) is 11.5. The molecule has 0 spiro atoms. The van der Waals surface area contributed by atoms with Crippen molar-refractivity contribution in [2.45, 2.75) is 103 Å². The molecule has 3 rings (SSSR count). The van der Waals surface area contributed by atoms with Crippen LogP contribution in [0.1, 0.15) is 96.5 Å². The van der Waals surface area contributed by atoms with Gasteiger partial charge in [-0.05, 0) is 57.1 Å². The first-order valence-electron chi connectivity index (χ1n) is 13.0. The number of carbonyl (C=O) groups is 2. The molecule has 218 valence electrons. The molecule has 2 atom stereocenters. The minimum absolute atomic E-state index is 0.163. The van der Waals surface area contributed by atoms with Gasteiger partial charge in [0.05, 0.1) is 36.6 Å². The predicted octanol–water partition coefficient (Wildman–Crippen LogP) is 6.28. The van der Waals surface area contributed by atoms with Gasteiger partial charge in [0.25, 0.3) is 0 Å². The first-order chi connectivity index (χ1) is 17.9. The molecule has 0 saturated heterocycles. The minimum atomic E-state index is -4.44. The van der Waals surface area contributed by atoms with Gasteiger partial charge in [0.2, 0.25) is 11.8 Å². The summed E-state index contributed by atoms with van der Waals surface area (Å²) < 4.78 is 72.2. The normalized spacial score (nSPS) is 18.1. The summed E-state index contributed by atoms with van der Waals surface area (Å²) >= 11 is 0. The Hall–Kier alpha value is -2.99. The van der Waals surface area contributed by atoms with E-state index >= 15 is 0 Å². The smallest absolute Gasteiger partial charge is 0.408 e. The van der Waals surface area contributed by atoms with Gasteiger partial charge in [0.15, 0.2) is 5.65 Å². The van der Waals surface area contributed by atoms with E-state index in [1.807, 2.05) is 13.8 Å². The van der Waals surface area contributed by atoms with Crippen molar-refractivity contribution < 1.29 is 36.3 Å². The number of nitrogens with one attached hydrogen (secondary N) is 2. The number of alkyl carbamates (subject to hydrolysis) is 1. The Morgan fingerprint density at radius 3 is 2.36 bits per heavy atom. The first kappa shape index (κ1) is 30.6. The van der Waals surface area contributed by atoms with Crippen LogP contribution >= 0.6 is 0 Å². The minimum Gasteiger partial charge on any atom is -0.444 e. The number of hydrogen-bond donors (Lipinski definition) is 2. The van der Waals surface area contributed by atoms with Crippen molar-refractivity contribution in [1.82, 2.24) is 25.2 Å². The number of fused-ring (bicyclic) bond motifs is 1. The molecule has 13 heteroatoms. The molecule has 0 bridgehead atoms. The second kappa shape index (κ2) is 11.6. The average Bonchev–Trinajstić information content (AvgIpc) is 3.21. The Labute approximate surface area is 224 Å². The molecule has 1 aliphatic carbocycles. The van der Waals surface area contributed by atoms with Crippen molar-refractivity contribution in [1.29, 1.82) is 0 Å². The lowest BCUT2D eigenvalue weighted by molar-refractivity contribution is -0.144. The summed E-state index contributed by atoms with van der Waals surface area (Å²) in [5.74, 6) is -3.95. The van der Waals surface area contributed by atoms with E-state index in [4.69, 9.17) is 4.74 Å². The summed E-state index contributed by atoms with van der Waals surface area (Å²) in [6.07, 6.45) is -4.19. The topological polar surface area (TPSA) is 97.6 Å². The predicted molar refractivity (Wildman–Crippen MR) is 133 cm³/mol. The zero-order valence-electron chi connectivity index (χ0n) is 22.7. The summed E-state index contributed by atoms with van der Waals surface area (Å²) in [5.41, 5.74) is 0.565. The van der Waals surface area contributed by atoms with Gasteiger partial charge in [-0.1, -0.05) is 13.8 Å². The van der Waals surface area contributed by atoms with E-state index in [0.29, 0.717) is 16.9 Å². The third kappa shape index (κ3) is 9.03. The van der Waals surface area contributed by atoms with E-state index in [-0.39, 0.29) is 37.5 Å². The number of hydrogen-bond acceptors (Lipinski definition) is 5. The van der Waals surface area contributed by atoms with E-state index in [1.165, 1.54) is 10.7 Å². The van der Waals surface area contributed by atoms with Gasteiger partial charge in [-0.3, -0.25) is 4.79 Å². The van der Waals surface area contributed by atoms with Gasteiger partial charge >= 0.3 is 12.3 Å². The fourth-order valence-corrected chi connectivity index (χ4v) is 4.63. The third-order valence-corrected chi connectivity index (χ3v) is 6.56. The Kier molecular flexibility index (Phi) is 9.11. The molecule has 2 heterocycles. The van der Waals surface area contributed by atoms with Gasteiger partial charge in [0, 0.05) is 19.3 Å². The highest BCUT2D eigenvalue weighted by Crippen LogP contribution is 2.41. The number of carbonyl (C=O) groups excluding carboxylic acids is 2. The molecule has 0 aromatic carbocycles. The Bertz CT molecular complexity index is 1150. The molecule has 0 radical (unpaired) electrons. The molecule has 1 saturated carbocycles. The molecule has 1 fully saturated rings. The van der Waals surface area contributed by atoms with E-state index in [9.17, 15) is 31.5 Å². The number of amides is 2. The Morgan fingerprint density at radius 1 is 1.15 bits per heavy atom. The summed E-state index contributed by atoms with van der Waals surface area (Å²) in [5, 5.41) is 9.79. The van der Waals surface area contributed by atoms with E-state index < -0.39 is 54.6 Å². The number of alkyl halides is 5. The van der Waals surface area contributed by atoms with Gasteiger partial charge in [0.1, 0.15) is 5.60 Å². The van der Waals surface area contributed by atoms with Crippen LogP contribution in [0.5, 0.6) is 0 Å². The molecule has 2 aromatic rings. The monoisotopic (exact) mass is 561 g/mol. The molecule has 0 unspecified atom stereocenters. The van der Waals surface area contributed by atoms with Gasteiger partial charge in [-0.2, -0.15) is 18.3 Å². The maximum absolute atomic E-state index is 13.9. The van der Waals surface area contributed by atoms with Crippen molar-refractivity contribution in [2.24, 2.45) is 11.8 Å². The van der Waals surface area contributed by atoms with Crippen LogP contribution < -0.4 is 10.6 Å². The van der Waals surface area contributed by atoms with Crippen molar-refractivity contribution in [3.8, 4) is 0 Å². The number of rotatable bonds is 8. The zero-order valence-corrected chi connectivity index (χ0v) is 22.7. The van der Waals surface area contributed by atoms with Crippen LogP contribution in [0.25, 0.3) is 5.65 Å². The standard InChI is InChI=1S/C26H36F5N5O3/c1-15(2)21(34-20(37)8-11-26(29,30)31)17-12-19-33-18(14-36(19)32-13-17)22(35-23(38)39-24(3,4)5)16-6-9-25(27,28)10-7-16/h12-16,21-22H,6-11H2,1-5H3,(H,34,37)(H,35,38)/t21-,22-/m0/s1. The molecular weight excluding hydrogens is 525 g/mol. The summed E-state index contributed by atoms with van der Waals surface area (Å²) in [6.45, 7) is 8.77. The van der Waals surface area contributed by atoms with Crippen molar-refractivity contribution in [3.63, 3.8) is 0 Å². The largest absolute Gasteiger partial charge is 0.444 e. The summed E-state index contributed by atoms with van der Waals surface area (Å²) in [4.78, 5) is 29.4. The molecule has 2 aromatic heterocycles. The van der Waals surface area contributed by atoms with E-state index in [1.54, 1.807) is 33.0 Å². The Morgan fingerprint density at radius 2 is 1.79 bits per heavy atom. The van der Waals surface area contributed by atoms with Crippen LogP contribution in [0.15, 0.2) is 18.5 Å². The summed E-state index contributed by atoms with van der Waals surface area (Å²) in [7, 11) is 0. The molecular formula is C26H36F5N5O3. The molecule has 39 heavy (non-hydrogen) atoms. The molecule has 0 aliphatic heterocycles. The van der Waals surface area contributed by atoms with Crippen molar-refractivity contribution in [2.75, 3.05) is 0 Å². The number of halogens is 5. The fraction of sp³-hybridized carbons (Fsp3) is 0.692. The average molecular weight is 562 g/mol. The highest BCUT2D eigenvalue weighted by Gasteiger charge is 2.40. The van der Waals surface area contributed by atoms with Crippen LogP contribution in [-0.2, 0) is 9.53 Å². The summed E-state index contributed by atoms with van der Waals surface area (Å²) in [6, 6.07) is 0.341. The highest BCUT2D eigenvalue weighted by atomic mass is 19.4. The first-order valence-corrected chi connectivity index (χ1v) is 13.0. The lowest BCUT2D eigenvalue weighted by atomic mass is 9.81. The highest BCUT2D eigenvalue weighted by molar-refractivity contribution is 5.76. The van der Waals surface area contributed by atoms with Crippen molar-refractivity contribution >= 4 is 17.6 Å². The van der Waals surface area contributed by atoms with Gasteiger partial charge < -0.3 is 15.4 Å². The van der Waals surface area contributed by atoms with Crippen LogP contribution in [0.4, 0.5) is 26.7 Å². The molecule has 2 amide bonds. The number of ether oxygens (including phenoxy) is 1. The maximum Gasteiger partial charge on any atom is 0.408 e. The van der Waals surface area contributed by atoms with Crippen LogP contribution in [0.2, 0.25) is 0 Å². The quantitative estimate of drug-likeness (QED) is 0.370. The van der Waals surface area contributed by atoms with Gasteiger partial charge in [-0.25, -0.2) is 23.1 Å². The second-order valence-corrected chi connectivity index (χ2v) is 11.5. The molecule has 1 aliphatic rings. The molecule has 2 N–H and O–H groups in total. The SMILES string of the molecule is CC(C)[C@H](NC(=O)CCC(F)(F)F)c1cnn2cc([C@@H](NC(=O)OC(C)(C)C)C3CCC(F)(F)CC3)nc2c1. The Balaban J connectivity index is 1.86. The lowest BCUT2D eigenvalue weighted by Gasteiger charge is -2.33. The fourth-order valence-electron chi connectivity index (χ4n) is 4.63. The van der Waals surface area contributed by atoms with E-state index in [0.717, 1.165) is 0 Å². The number of aromatic nitrogens is 3. The third-order valence-electron chi connectivity index (χ3n) is 6.56. The van der Waals surface area contributed by atoms with E-state index in [2.05, 4.69) is 20.7 Å². The lowest BCUT2D eigenvalue weighted by Crippen LogP contribution is -2.40. The van der Waals surface area contributed by atoms with Crippen molar-refractivity contribution in [3.05, 3.63) is 29.7 Å². The number of imidazole rings is 1. The number of nitrogens with zero attached hydrogens (tertiary/aromatic N) is 3.